The lowest BCUT2D eigenvalue weighted by Crippen LogP contribution is -2.36. The molecular formula is C23H26ClNO4S. The van der Waals surface area contributed by atoms with Crippen LogP contribution < -0.4 is 14.2 Å². The first-order chi connectivity index (χ1) is 14.5. The van der Waals surface area contributed by atoms with Gasteiger partial charge in [0.2, 0.25) is 5.91 Å². The van der Waals surface area contributed by atoms with Gasteiger partial charge >= 0.3 is 0 Å². The van der Waals surface area contributed by atoms with Crippen LogP contribution in [0.3, 0.4) is 0 Å². The largest absolute Gasteiger partial charge is 0.496 e. The van der Waals surface area contributed by atoms with E-state index in [4.69, 9.17) is 25.8 Å². The van der Waals surface area contributed by atoms with Gasteiger partial charge in [-0.15, -0.1) is 11.8 Å². The first kappa shape index (κ1) is 22.4. The van der Waals surface area contributed by atoms with Crippen molar-refractivity contribution >= 4 is 34.8 Å². The minimum Gasteiger partial charge on any atom is -0.496 e. The number of nitrogens with zero attached hydrogens (tertiary/aromatic N) is 1. The van der Waals surface area contributed by atoms with Gasteiger partial charge in [-0.3, -0.25) is 4.79 Å². The van der Waals surface area contributed by atoms with Crippen LogP contribution in [0.15, 0.2) is 42.5 Å². The number of methoxy groups -OCH3 is 3. The van der Waals surface area contributed by atoms with Gasteiger partial charge in [-0.25, -0.2) is 0 Å². The zero-order valence-corrected chi connectivity index (χ0v) is 19.0. The third-order valence-electron chi connectivity index (χ3n) is 4.98. The zero-order valence-electron chi connectivity index (χ0n) is 17.4. The fraction of sp³-hybridized carbons (Fsp3) is 0.348. The van der Waals surface area contributed by atoms with E-state index in [-0.39, 0.29) is 5.91 Å². The molecule has 0 fully saturated rings. The van der Waals surface area contributed by atoms with E-state index in [9.17, 15) is 4.79 Å². The maximum Gasteiger partial charge on any atom is 0.232 e. The van der Waals surface area contributed by atoms with E-state index in [0.717, 1.165) is 33.9 Å². The second-order valence-corrected chi connectivity index (χ2v) is 8.27. The number of carbonyl (C=O) groups excluding carboxylic acids is 1. The fourth-order valence-corrected chi connectivity index (χ4v) is 4.51. The second-order valence-electron chi connectivity index (χ2n) is 6.85. The third-order valence-corrected chi connectivity index (χ3v) is 6.20. The summed E-state index contributed by atoms with van der Waals surface area (Å²) >= 11 is 7.62. The molecule has 0 bridgehead atoms. The molecule has 1 amide bonds. The molecule has 0 radical (unpaired) electrons. The van der Waals surface area contributed by atoms with Crippen LogP contribution in [0.5, 0.6) is 17.2 Å². The predicted octanol–water partition coefficient (Wildman–Crippen LogP) is 4.91. The molecular weight excluding hydrogens is 422 g/mol. The van der Waals surface area contributed by atoms with Crippen molar-refractivity contribution in [2.45, 2.75) is 12.2 Å². The van der Waals surface area contributed by atoms with Gasteiger partial charge in [0.15, 0.2) is 0 Å². The summed E-state index contributed by atoms with van der Waals surface area (Å²) in [7, 11) is 4.88. The highest BCUT2D eigenvalue weighted by Gasteiger charge is 2.23. The van der Waals surface area contributed by atoms with Crippen LogP contribution in [0.1, 0.15) is 17.5 Å². The molecule has 0 saturated heterocycles. The maximum atomic E-state index is 12.6. The molecule has 0 unspecified atom stereocenters. The summed E-state index contributed by atoms with van der Waals surface area (Å²) in [6, 6.07) is 11.4. The van der Waals surface area contributed by atoms with Crippen LogP contribution in [-0.4, -0.2) is 51.0 Å². The Labute approximate surface area is 186 Å². The Hall–Kier alpha value is -2.31. The Bertz CT molecular complexity index is 906. The standard InChI is InChI=1S/C23H26ClNO4S/c1-27-19-12-20(28-2)23(21(13-19)29-3)17-7-9-25(10-8-17)22(26)15-30-14-16-5-4-6-18(24)11-16/h4-7,11-13H,8-10,14-15H2,1-3H3. The average molecular weight is 448 g/mol. The molecule has 0 aliphatic carbocycles. The van der Waals surface area contributed by atoms with Crippen LogP contribution in [0.25, 0.3) is 5.57 Å². The minimum absolute atomic E-state index is 0.144. The summed E-state index contributed by atoms with van der Waals surface area (Å²) in [5.41, 5.74) is 3.16. The van der Waals surface area contributed by atoms with Crippen molar-refractivity contribution in [1.29, 1.82) is 0 Å². The number of ether oxygens (including phenoxy) is 3. The number of rotatable bonds is 8. The van der Waals surface area contributed by atoms with Gasteiger partial charge in [0.25, 0.3) is 0 Å². The highest BCUT2D eigenvalue weighted by molar-refractivity contribution is 7.99. The number of halogens is 1. The quantitative estimate of drug-likeness (QED) is 0.575. The molecule has 1 heterocycles. The Kier molecular flexibility index (Phi) is 7.94. The first-order valence-corrected chi connectivity index (χ1v) is 11.2. The SMILES string of the molecule is COc1cc(OC)c(C2=CCN(C(=O)CSCc3cccc(Cl)c3)CC2)c(OC)c1. The number of amides is 1. The van der Waals surface area contributed by atoms with Gasteiger partial charge in [-0.05, 0) is 29.7 Å². The monoisotopic (exact) mass is 447 g/mol. The first-order valence-electron chi connectivity index (χ1n) is 9.65. The van der Waals surface area contributed by atoms with Crippen molar-refractivity contribution in [2.24, 2.45) is 0 Å². The molecule has 2 aromatic carbocycles. The summed E-state index contributed by atoms with van der Waals surface area (Å²) in [6.45, 7) is 1.24. The lowest BCUT2D eigenvalue weighted by molar-refractivity contribution is -0.127. The Morgan fingerprint density at radius 1 is 1.10 bits per heavy atom. The average Bonchev–Trinajstić information content (AvgIpc) is 2.78. The van der Waals surface area contributed by atoms with E-state index in [2.05, 4.69) is 6.08 Å². The molecule has 0 spiro atoms. The topological polar surface area (TPSA) is 48.0 Å². The molecule has 3 rings (SSSR count). The fourth-order valence-electron chi connectivity index (χ4n) is 3.42. The molecule has 5 nitrogen and oxygen atoms in total. The highest BCUT2D eigenvalue weighted by Crippen LogP contribution is 2.40. The van der Waals surface area contributed by atoms with Crippen molar-refractivity contribution < 1.29 is 19.0 Å². The summed E-state index contributed by atoms with van der Waals surface area (Å²) in [4.78, 5) is 14.5. The number of carbonyl (C=O) groups is 1. The molecule has 0 aromatic heterocycles. The van der Waals surface area contributed by atoms with Crippen LogP contribution in [0, 0.1) is 0 Å². The van der Waals surface area contributed by atoms with Gasteiger partial charge in [-0.2, -0.15) is 0 Å². The van der Waals surface area contributed by atoms with E-state index in [1.165, 1.54) is 0 Å². The lowest BCUT2D eigenvalue weighted by Gasteiger charge is -2.28. The second kappa shape index (κ2) is 10.6. The number of thioether (sulfide) groups is 1. The van der Waals surface area contributed by atoms with E-state index in [0.29, 0.717) is 36.1 Å². The Morgan fingerprint density at radius 3 is 2.40 bits per heavy atom. The van der Waals surface area contributed by atoms with Gasteiger partial charge < -0.3 is 19.1 Å². The lowest BCUT2D eigenvalue weighted by atomic mass is 9.97. The van der Waals surface area contributed by atoms with Crippen molar-refractivity contribution in [3.05, 3.63) is 58.6 Å². The normalized spacial score (nSPS) is 13.6. The smallest absolute Gasteiger partial charge is 0.232 e. The molecule has 160 valence electrons. The van der Waals surface area contributed by atoms with E-state index in [1.54, 1.807) is 33.1 Å². The van der Waals surface area contributed by atoms with Crippen LogP contribution >= 0.6 is 23.4 Å². The van der Waals surface area contributed by atoms with E-state index < -0.39 is 0 Å². The molecule has 1 aliphatic rings. The zero-order chi connectivity index (χ0) is 21.5. The molecule has 0 N–H and O–H groups in total. The molecule has 1 aliphatic heterocycles. The summed E-state index contributed by atoms with van der Waals surface area (Å²) in [6.07, 6.45) is 2.82. The Morgan fingerprint density at radius 2 is 1.83 bits per heavy atom. The molecule has 0 atom stereocenters. The molecule has 0 saturated carbocycles. The maximum absolute atomic E-state index is 12.6. The van der Waals surface area contributed by atoms with E-state index in [1.807, 2.05) is 41.3 Å². The third kappa shape index (κ3) is 5.43. The Balaban J connectivity index is 1.63. The van der Waals surface area contributed by atoms with Gasteiger partial charge in [0.05, 0.1) is 32.6 Å². The molecule has 2 aromatic rings. The summed E-state index contributed by atoms with van der Waals surface area (Å²) in [5, 5.41) is 0.720. The summed E-state index contributed by atoms with van der Waals surface area (Å²) < 4.78 is 16.5. The number of hydrogen-bond acceptors (Lipinski definition) is 5. The van der Waals surface area contributed by atoms with E-state index >= 15 is 0 Å². The van der Waals surface area contributed by atoms with Crippen molar-refractivity contribution in [3.8, 4) is 17.2 Å². The van der Waals surface area contributed by atoms with Gasteiger partial charge in [0, 0.05) is 36.0 Å². The highest BCUT2D eigenvalue weighted by atomic mass is 35.5. The van der Waals surface area contributed by atoms with Crippen LogP contribution in [0.4, 0.5) is 0 Å². The van der Waals surface area contributed by atoms with Crippen molar-refractivity contribution in [1.82, 2.24) is 4.90 Å². The predicted molar refractivity (Wildman–Crippen MR) is 123 cm³/mol. The summed E-state index contributed by atoms with van der Waals surface area (Å²) in [5.74, 6) is 3.44. The molecule has 7 heteroatoms. The number of benzene rings is 2. The molecule has 30 heavy (non-hydrogen) atoms. The van der Waals surface area contributed by atoms with Gasteiger partial charge in [-0.1, -0.05) is 29.8 Å². The van der Waals surface area contributed by atoms with Crippen LogP contribution in [-0.2, 0) is 10.5 Å². The van der Waals surface area contributed by atoms with Crippen molar-refractivity contribution in [2.75, 3.05) is 40.2 Å². The van der Waals surface area contributed by atoms with Crippen LogP contribution in [0.2, 0.25) is 5.02 Å². The number of hydrogen-bond donors (Lipinski definition) is 0. The minimum atomic E-state index is 0.144. The van der Waals surface area contributed by atoms with Gasteiger partial charge in [0.1, 0.15) is 17.2 Å². The van der Waals surface area contributed by atoms with Crippen molar-refractivity contribution in [3.63, 3.8) is 0 Å².